The minimum Gasteiger partial charge on any atom is -0.468 e. The average molecular weight is 418 g/mol. The summed E-state index contributed by atoms with van der Waals surface area (Å²) in [5.41, 5.74) is 1.01. The summed E-state index contributed by atoms with van der Waals surface area (Å²) in [6, 6.07) is 10.0. The lowest BCUT2D eigenvalue weighted by molar-refractivity contribution is -0.136. The number of rotatable bonds is 5. The molecular weight excluding hydrogens is 390 g/mol. The van der Waals surface area contributed by atoms with Crippen LogP contribution in [0.3, 0.4) is 0 Å². The Kier molecular flexibility index (Phi) is 5.76. The summed E-state index contributed by atoms with van der Waals surface area (Å²) in [7, 11) is -3.67. The molecule has 8 heteroatoms. The molecule has 3 heterocycles. The van der Waals surface area contributed by atoms with Crippen LogP contribution >= 0.6 is 0 Å². The van der Waals surface area contributed by atoms with Gasteiger partial charge in [-0.2, -0.15) is 4.31 Å². The van der Waals surface area contributed by atoms with Crippen LogP contribution in [0.1, 0.15) is 24.2 Å². The van der Waals surface area contributed by atoms with Gasteiger partial charge in [-0.1, -0.05) is 17.7 Å². The number of carbonyl (C=O) groups is 1. The Bertz CT molecular complexity index is 933. The second-order valence-electron chi connectivity index (χ2n) is 7.77. The standard InChI is InChI=1S/C21H27N3O4S/c1-17-6-8-19(9-7-17)29(26,27)24-10-2-5-20(24)21(25)23-13-11-22(12-14-23)16-18-4-3-15-28-18/h3-4,6-9,15,20H,2,5,10-14,16H2,1H3/t20-/m1/s1. The maximum atomic E-state index is 13.1. The average Bonchev–Trinajstić information content (AvgIpc) is 3.41. The van der Waals surface area contributed by atoms with Crippen molar-refractivity contribution in [3.63, 3.8) is 0 Å². The van der Waals surface area contributed by atoms with E-state index in [2.05, 4.69) is 4.90 Å². The molecule has 1 amide bonds. The summed E-state index contributed by atoms with van der Waals surface area (Å²) in [5, 5.41) is 0. The van der Waals surface area contributed by atoms with Gasteiger partial charge in [-0.25, -0.2) is 8.42 Å². The molecule has 156 valence electrons. The van der Waals surface area contributed by atoms with Crippen molar-refractivity contribution in [3.8, 4) is 0 Å². The monoisotopic (exact) mass is 417 g/mol. The van der Waals surface area contributed by atoms with Crippen molar-refractivity contribution < 1.29 is 17.6 Å². The number of benzene rings is 1. The highest BCUT2D eigenvalue weighted by molar-refractivity contribution is 7.89. The lowest BCUT2D eigenvalue weighted by Gasteiger charge is -2.36. The predicted molar refractivity (Wildman–Crippen MR) is 109 cm³/mol. The van der Waals surface area contributed by atoms with Crippen LogP contribution in [-0.2, 0) is 21.4 Å². The zero-order valence-electron chi connectivity index (χ0n) is 16.7. The van der Waals surface area contributed by atoms with E-state index in [1.54, 1.807) is 30.5 Å². The first-order valence-electron chi connectivity index (χ1n) is 10.1. The molecule has 1 aromatic heterocycles. The van der Waals surface area contributed by atoms with E-state index >= 15 is 0 Å². The second-order valence-corrected chi connectivity index (χ2v) is 9.66. The van der Waals surface area contributed by atoms with Crippen LogP contribution in [0.4, 0.5) is 0 Å². The van der Waals surface area contributed by atoms with Gasteiger partial charge in [0.2, 0.25) is 15.9 Å². The van der Waals surface area contributed by atoms with E-state index in [4.69, 9.17) is 4.42 Å². The molecule has 2 aliphatic rings. The SMILES string of the molecule is Cc1ccc(S(=O)(=O)N2CCC[C@@H]2C(=O)N2CCN(Cc3ccco3)CC2)cc1. The molecule has 2 aliphatic heterocycles. The van der Waals surface area contributed by atoms with Crippen LogP contribution in [0.15, 0.2) is 52.0 Å². The third-order valence-corrected chi connectivity index (χ3v) is 7.68. The Hall–Kier alpha value is -2.16. The van der Waals surface area contributed by atoms with Gasteiger partial charge in [0.1, 0.15) is 11.8 Å². The first kappa shape index (κ1) is 20.1. The van der Waals surface area contributed by atoms with E-state index in [0.29, 0.717) is 32.5 Å². The summed E-state index contributed by atoms with van der Waals surface area (Å²) < 4.78 is 33.0. The number of amides is 1. The highest BCUT2D eigenvalue weighted by Crippen LogP contribution is 2.28. The van der Waals surface area contributed by atoms with Crippen molar-refractivity contribution >= 4 is 15.9 Å². The second kappa shape index (κ2) is 8.30. The number of hydrogen-bond donors (Lipinski definition) is 0. The van der Waals surface area contributed by atoms with Crippen LogP contribution in [-0.4, -0.2) is 67.2 Å². The minimum absolute atomic E-state index is 0.0733. The van der Waals surface area contributed by atoms with Gasteiger partial charge in [0, 0.05) is 32.7 Å². The maximum absolute atomic E-state index is 13.1. The molecule has 2 fully saturated rings. The maximum Gasteiger partial charge on any atom is 0.243 e. The number of furan rings is 1. The van der Waals surface area contributed by atoms with Crippen LogP contribution in [0.5, 0.6) is 0 Å². The number of carbonyl (C=O) groups excluding carboxylic acids is 1. The fourth-order valence-corrected chi connectivity index (χ4v) is 5.73. The fraction of sp³-hybridized carbons (Fsp3) is 0.476. The third-order valence-electron chi connectivity index (χ3n) is 5.76. The largest absolute Gasteiger partial charge is 0.468 e. The van der Waals surface area contributed by atoms with Crippen molar-refractivity contribution in [1.29, 1.82) is 0 Å². The molecule has 2 saturated heterocycles. The third kappa shape index (κ3) is 4.24. The van der Waals surface area contributed by atoms with Crippen LogP contribution in [0.25, 0.3) is 0 Å². The molecule has 0 N–H and O–H groups in total. The van der Waals surface area contributed by atoms with Crippen molar-refractivity contribution in [3.05, 3.63) is 54.0 Å². The lowest BCUT2D eigenvalue weighted by Crippen LogP contribution is -2.54. The van der Waals surface area contributed by atoms with Gasteiger partial charge < -0.3 is 9.32 Å². The van der Waals surface area contributed by atoms with Gasteiger partial charge >= 0.3 is 0 Å². The first-order chi connectivity index (χ1) is 13.9. The van der Waals surface area contributed by atoms with Gasteiger partial charge in [-0.3, -0.25) is 9.69 Å². The normalized spacial score (nSPS) is 21.6. The fourth-order valence-electron chi connectivity index (χ4n) is 4.08. The molecule has 4 rings (SSSR count). The van der Waals surface area contributed by atoms with Gasteiger partial charge in [-0.05, 0) is 44.0 Å². The van der Waals surface area contributed by atoms with E-state index in [9.17, 15) is 13.2 Å². The Balaban J connectivity index is 1.41. The Labute approximate surface area is 171 Å². The molecule has 0 unspecified atom stereocenters. The molecular formula is C21H27N3O4S. The predicted octanol–water partition coefficient (Wildman–Crippen LogP) is 2.09. The molecule has 29 heavy (non-hydrogen) atoms. The smallest absolute Gasteiger partial charge is 0.243 e. The summed E-state index contributed by atoms with van der Waals surface area (Å²) >= 11 is 0. The first-order valence-corrected chi connectivity index (χ1v) is 11.5. The van der Waals surface area contributed by atoms with Gasteiger partial charge in [0.05, 0.1) is 17.7 Å². The molecule has 1 aromatic carbocycles. The zero-order chi connectivity index (χ0) is 20.4. The van der Waals surface area contributed by atoms with E-state index in [1.807, 2.05) is 24.0 Å². The van der Waals surface area contributed by atoms with Crippen molar-refractivity contribution in [2.75, 3.05) is 32.7 Å². The van der Waals surface area contributed by atoms with Crippen molar-refractivity contribution in [2.45, 2.75) is 37.2 Å². The van der Waals surface area contributed by atoms with Crippen molar-refractivity contribution in [2.24, 2.45) is 0 Å². The molecule has 2 aromatic rings. The number of sulfonamides is 1. The van der Waals surface area contributed by atoms with Gasteiger partial charge in [0.15, 0.2) is 0 Å². The molecule has 1 atom stereocenters. The molecule has 0 aliphatic carbocycles. The zero-order valence-corrected chi connectivity index (χ0v) is 17.5. The van der Waals surface area contributed by atoms with E-state index in [0.717, 1.165) is 31.0 Å². The van der Waals surface area contributed by atoms with Crippen LogP contribution in [0.2, 0.25) is 0 Å². The lowest BCUT2D eigenvalue weighted by atomic mass is 10.2. The van der Waals surface area contributed by atoms with E-state index in [1.165, 1.54) is 4.31 Å². The van der Waals surface area contributed by atoms with E-state index < -0.39 is 16.1 Å². The highest BCUT2D eigenvalue weighted by Gasteiger charge is 2.41. The number of aryl methyl sites for hydroxylation is 1. The molecule has 0 saturated carbocycles. The van der Waals surface area contributed by atoms with Gasteiger partial charge in [-0.15, -0.1) is 0 Å². The summed E-state index contributed by atoms with van der Waals surface area (Å²) in [5.74, 6) is 0.840. The van der Waals surface area contributed by atoms with E-state index in [-0.39, 0.29) is 10.8 Å². The summed E-state index contributed by atoms with van der Waals surface area (Å²) in [4.78, 5) is 17.5. The van der Waals surface area contributed by atoms with Gasteiger partial charge in [0.25, 0.3) is 0 Å². The topological polar surface area (TPSA) is 74.1 Å². The number of piperazine rings is 1. The molecule has 0 spiro atoms. The highest BCUT2D eigenvalue weighted by atomic mass is 32.2. The number of nitrogens with zero attached hydrogens (tertiary/aromatic N) is 3. The Morgan fingerprint density at radius 2 is 1.79 bits per heavy atom. The quantitative estimate of drug-likeness (QED) is 0.745. The Morgan fingerprint density at radius 3 is 2.45 bits per heavy atom. The summed E-state index contributed by atoms with van der Waals surface area (Å²) in [6.45, 7) is 5.76. The number of hydrogen-bond acceptors (Lipinski definition) is 5. The summed E-state index contributed by atoms with van der Waals surface area (Å²) in [6.07, 6.45) is 2.95. The van der Waals surface area contributed by atoms with Crippen molar-refractivity contribution in [1.82, 2.24) is 14.1 Å². The minimum atomic E-state index is -3.67. The van der Waals surface area contributed by atoms with Crippen LogP contribution in [0, 0.1) is 6.92 Å². The molecule has 0 bridgehead atoms. The molecule has 0 radical (unpaired) electrons. The van der Waals surface area contributed by atoms with Crippen LogP contribution < -0.4 is 0 Å². The molecule has 7 nitrogen and oxygen atoms in total. The Morgan fingerprint density at radius 1 is 1.07 bits per heavy atom.